The monoisotopic (exact) mass is 270 g/mol. The normalized spacial score (nSPS) is 11.9. The van der Waals surface area contributed by atoms with Gasteiger partial charge in [-0.1, -0.05) is 24.3 Å². The molecule has 0 fully saturated rings. The molecule has 0 atom stereocenters. The van der Waals surface area contributed by atoms with Gasteiger partial charge in [-0.25, -0.2) is 4.79 Å². The van der Waals surface area contributed by atoms with Gasteiger partial charge in [-0.2, -0.15) is 0 Å². The SMILES string of the molecule is O=C(O)/C(=C/c1coc2ccccc12)c1cccs1. The number of carbonyl (C=O) groups is 1. The number of hydrogen-bond donors (Lipinski definition) is 1. The third-order valence-electron chi connectivity index (χ3n) is 2.83. The maximum Gasteiger partial charge on any atom is 0.337 e. The molecule has 0 saturated heterocycles. The van der Waals surface area contributed by atoms with Gasteiger partial charge < -0.3 is 9.52 Å². The summed E-state index contributed by atoms with van der Waals surface area (Å²) in [5.41, 5.74) is 1.81. The van der Waals surface area contributed by atoms with E-state index in [1.807, 2.05) is 35.7 Å². The topological polar surface area (TPSA) is 50.4 Å². The lowest BCUT2D eigenvalue weighted by molar-refractivity contribution is -0.130. The van der Waals surface area contributed by atoms with E-state index in [0.717, 1.165) is 21.4 Å². The lowest BCUT2D eigenvalue weighted by atomic mass is 10.1. The third kappa shape index (κ3) is 2.18. The second kappa shape index (κ2) is 4.74. The summed E-state index contributed by atoms with van der Waals surface area (Å²) in [5, 5.41) is 12.1. The molecule has 1 aromatic carbocycles. The van der Waals surface area contributed by atoms with Crippen molar-refractivity contribution in [2.45, 2.75) is 0 Å². The Morgan fingerprint density at radius 2 is 2.05 bits per heavy atom. The highest BCUT2D eigenvalue weighted by Gasteiger charge is 2.13. The number of furan rings is 1. The molecule has 0 saturated carbocycles. The molecule has 3 rings (SSSR count). The maximum absolute atomic E-state index is 11.4. The first-order valence-electron chi connectivity index (χ1n) is 5.71. The highest BCUT2D eigenvalue weighted by molar-refractivity contribution is 7.11. The number of rotatable bonds is 3. The van der Waals surface area contributed by atoms with Gasteiger partial charge >= 0.3 is 5.97 Å². The van der Waals surface area contributed by atoms with Gasteiger partial charge in [-0.3, -0.25) is 0 Å². The predicted molar refractivity (Wildman–Crippen MR) is 76.0 cm³/mol. The van der Waals surface area contributed by atoms with E-state index in [4.69, 9.17) is 4.42 Å². The molecule has 3 aromatic rings. The zero-order chi connectivity index (χ0) is 13.2. The van der Waals surface area contributed by atoms with Gasteiger partial charge in [0.1, 0.15) is 5.58 Å². The first-order chi connectivity index (χ1) is 9.25. The molecule has 0 unspecified atom stereocenters. The van der Waals surface area contributed by atoms with Crippen molar-refractivity contribution < 1.29 is 14.3 Å². The minimum atomic E-state index is -0.937. The van der Waals surface area contributed by atoms with Gasteiger partial charge in [0.05, 0.1) is 11.8 Å². The van der Waals surface area contributed by atoms with Crippen molar-refractivity contribution in [3.8, 4) is 0 Å². The van der Waals surface area contributed by atoms with Crippen LogP contribution in [0.15, 0.2) is 52.5 Å². The van der Waals surface area contributed by atoms with E-state index in [0.29, 0.717) is 0 Å². The number of carboxylic acids is 1. The van der Waals surface area contributed by atoms with Crippen molar-refractivity contribution in [2.75, 3.05) is 0 Å². The van der Waals surface area contributed by atoms with Crippen molar-refractivity contribution in [3.05, 3.63) is 58.5 Å². The van der Waals surface area contributed by atoms with Crippen LogP contribution in [0.5, 0.6) is 0 Å². The number of thiophene rings is 1. The Kier molecular flexibility index (Phi) is 2.93. The summed E-state index contributed by atoms with van der Waals surface area (Å²) >= 11 is 1.41. The fourth-order valence-electron chi connectivity index (χ4n) is 1.94. The van der Waals surface area contributed by atoms with Crippen LogP contribution < -0.4 is 0 Å². The molecule has 19 heavy (non-hydrogen) atoms. The van der Waals surface area contributed by atoms with E-state index in [2.05, 4.69) is 0 Å². The van der Waals surface area contributed by atoms with Crippen LogP contribution in [0.3, 0.4) is 0 Å². The molecule has 2 aromatic heterocycles. The van der Waals surface area contributed by atoms with Crippen LogP contribution in [-0.2, 0) is 4.79 Å². The van der Waals surface area contributed by atoms with Gasteiger partial charge in [0.25, 0.3) is 0 Å². The van der Waals surface area contributed by atoms with E-state index in [1.54, 1.807) is 18.4 Å². The molecule has 0 amide bonds. The largest absolute Gasteiger partial charge is 0.478 e. The Hall–Kier alpha value is -2.33. The summed E-state index contributed by atoms with van der Waals surface area (Å²) in [6.45, 7) is 0. The minimum absolute atomic E-state index is 0.279. The molecule has 0 aliphatic rings. The maximum atomic E-state index is 11.4. The Morgan fingerprint density at radius 1 is 1.21 bits per heavy atom. The lowest BCUT2D eigenvalue weighted by Crippen LogP contribution is -1.97. The minimum Gasteiger partial charge on any atom is -0.478 e. The molecular weight excluding hydrogens is 260 g/mol. The molecule has 3 nitrogen and oxygen atoms in total. The molecule has 0 aliphatic carbocycles. The van der Waals surface area contributed by atoms with Crippen LogP contribution >= 0.6 is 11.3 Å². The quantitative estimate of drug-likeness (QED) is 0.728. The summed E-state index contributed by atoms with van der Waals surface area (Å²) in [6.07, 6.45) is 3.24. The lowest BCUT2D eigenvalue weighted by Gasteiger charge is -1.98. The Bertz CT molecular complexity index is 751. The van der Waals surface area contributed by atoms with Crippen LogP contribution in [0.1, 0.15) is 10.4 Å². The molecule has 0 radical (unpaired) electrons. The van der Waals surface area contributed by atoms with E-state index in [-0.39, 0.29) is 5.57 Å². The molecule has 2 heterocycles. The summed E-state index contributed by atoms with van der Waals surface area (Å²) in [7, 11) is 0. The molecular formula is C15H10O3S. The van der Waals surface area contributed by atoms with Gasteiger partial charge in [0.15, 0.2) is 0 Å². The average Bonchev–Trinajstić information content (AvgIpc) is 3.05. The molecule has 0 aliphatic heterocycles. The van der Waals surface area contributed by atoms with Crippen molar-refractivity contribution in [1.29, 1.82) is 0 Å². The summed E-state index contributed by atoms with van der Waals surface area (Å²) < 4.78 is 5.41. The van der Waals surface area contributed by atoms with Gasteiger partial charge in [0, 0.05) is 15.8 Å². The summed E-state index contributed by atoms with van der Waals surface area (Å²) in [5.74, 6) is -0.937. The molecule has 4 heteroatoms. The van der Waals surface area contributed by atoms with Crippen LogP contribution in [0.25, 0.3) is 22.6 Å². The zero-order valence-corrected chi connectivity index (χ0v) is 10.7. The number of aliphatic carboxylic acids is 1. The fraction of sp³-hybridized carbons (Fsp3) is 0. The second-order valence-corrected chi connectivity index (χ2v) is 4.98. The van der Waals surface area contributed by atoms with E-state index >= 15 is 0 Å². The van der Waals surface area contributed by atoms with Crippen LogP contribution in [0.2, 0.25) is 0 Å². The number of carboxylic acid groups (broad SMARTS) is 1. The smallest absolute Gasteiger partial charge is 0.337 e. The third-order valence-corrected chi connectivity index (χ3v) is 3.73. The standard InChI is InChI=1S/C15H10O3S/c16-15(17)12(14-6-3-7-19-14)8-10-9-18-13-5-2-1-4-11(10)13/h1-9H,(H,16,17)/b12-8+. The highest BCUT2D eigenvalue weighted by atomic mass is 32.1. The zero-order valence-electron chi connectivity index (χ0n) is 9.87. The fourth-order valence-corrected chi connectivity index (χ4v) is 2.67. The first kappa shape index (κ1) is 11.7. The van der Waals surface area contributed by atoms with E-state index in [1.165, 1.54) is 11.3 Å². The Labute approximate surface area is 113 Å². The van der Waals surface area contributed by atoms with Crippen molar-refractivity contribution >= 4 is 39.9 Å². The average molecular weight is 270 g/mol. The molecule has 1 N–H and O–H groups in total. The highest BCUT2D eigenvalue weighted by Crippen LogP contribution is 2.27. The van der Waals surface area contributed by atoms with Crippen molar-refractivity contribution in [2.24, 2.45) is 0 Å². The number of hydrogen-bond acceptors (Lipinski definition) is 3. The van der Waals surface area contributed by atoms with Gasteiger partial charge in [-0.15, -0.1) is 11.3 Å². The van der Waals surface area contributed by atoms with Crippen LogP contribution in [-0.4, -0.2) is 11.1 Å². The predicted octanol–water partition coefficient (Wildman–Crippen LogP) is 4.12. The van der Waals surface area contributed by atoms with E-state index in [9.17, 15) is 9.90 Å². The first-order valence-corrected chi connectivity index (χ1v) is 6.59. The Morgan fingerprint density at radius 3 is 2.79 bits per heavy atom. The van der Waals surface area contributed by atoms with Crippen LogP contribution in [0, 0.1) is 0 Å². The Balaban J connectivity index is 2.15. The van der Waals surface area contributed by atoms with Gasteiger partial charge in [0.2, 0.25) is 0 Å². The number of fused-ring (bicyclic) bond motifs is 1. The molecule has 0 bridgehead atoms. The van der Waals surface area contributed by atoms with Crippen LogP contribution in [0.4, 0.5) is 0 Å². The number of benzene rings is 1. The number of para-hydroxylation sites is 1. The molecule has 94 valence electrons. The second-order valence-electron chi connectivity index (χ2n) is 4.03. The molecule has 0 spiro atoms. The summed E-state index contributed by atoms with van der Waals surface area (Å²) in [4.78, 5) is 12.1. The van der Waals surface area contributed by atoms with Crippen molar-refractivity contribution in [1.82, 2.24) is 0 Å². The van der Waals surface area contributed by atoms with Crippen molar-refractivity contribution in [3.63, 3.8) is 0 Å². The van der Waals surface area contributed by atoms with E-state index < -0.39 is 5.97 Å². The van der Waals surface area contributed by atoms with Gasteiger partial charge in [-0.05, 0) is 23.6 Å². The summed E-state index contributed by atoms with van der Waals surface area (Å²) in [6, 6.07) is 11.2.